The van der Waals surface area contributed by atoms with Crippen LogP contribution in [0.1, 0.15) is 134 Å². The van der Waals surface area contributed by atoms with E-state index >= 15 is 0 Å². The fraction of sp³-hybridized carbons (Fsp3) is 0.205. The van der Waals surface area contributed by atoms with Crippen LogP contribution < -0.4 is 29.6 Å². The Balaban J connectivity index is 0.000000241. The maximum atomic E-state index is 12.5. The summed E-state index contributed by atoms with van der Waals surface area (Å²) in [5.41, 5.74) is 27.1. The Bertz CT molecular complexity index is 4360. The second kappa shape index (κ2) is 29.5. The number of allylic oxidation sites excluding steroid dienone is 4. The number of benzene rings is 8. The number of hydrogen-bond donors (Lipinski definition) is 1. The van der Waals surface area contributed by atoms with Crippen LogP contribution in [0.15, 0.2) is 203 Å². The average molecular weight is 1360 g/mol. The molecule has 1 N–H and O–H groups in total. The molecule has 0 aliphatic heterocycles. The van der Waals surface area contributed by atoms with E-state index in [2.05, 4.69) is 132 Å². The molecule has 8 aromatic rings. The van der Waals surface area contributed by atoms with E-state index in [4.69, 9.17) is 0 Å². The van der Waals surface area contributed by atoms with Gasteiger partial charge in [-0.2, -0.15) is 8.42 Å². The summed E-state index contributed by atoms with van der Waals surface area (Å²) in [5, 5.41) is -1.50. The molecular formula is C78H75NaO12S4. The van der Waals surface area contributed by atoms with Gasteiger partial charge in [0.1, 0.15) is 16.1 Å². The van der Waals surface area contributed by atoms with E-state index in [1.807, 2.05) is 97.1 Å². The zero-order valence-corrected chi connectivity index (χ0v) is 61.0. The van der Waals surface area contributed by atoms with Crippen LogP contribution in [0.5, 0.6) is 0 Å². The monoisotopic (exact) mass is 1350 g/mol. The molecule has 17 heteroatoms. The van der Waals surface area contributed by atoms with Gasteiger partial charge in [0.05, 0.1) is 23.3 Å². The number of rotatable bonds is 16. The zero-order chi connectivity index (χ0) is 68.5. The van der Waals surface area contributed by atoms with Crippen molar-refractivity contribution in [1.82, 2.24) is 0 Å². The maximum absolute atomic E-state index is 12.5. The second-order valence-corrected chi connectivity index (χ2v) is 30.4. The molecule has 0 fully saturated rings. The molecule has 2 aliphatic rings. The number of hydrogen-bond acceptors (Lipinski definition) is 11. The van der Waals surface area contributed by atoms with Crippen molar-refractivity contribution < 1.29 is 81.4 Å². The van der Waals surface area contributed by atoms with Crippen LogP contribution in [0.3, 0.4) is 0 Å². The molecule has 0 heterocycles. The minimum atomic E-state index is -5.18. The van der Waals surface area contributed by atoms with Crippen molar-refractivity contribution in [2.75, 3.05) is 0 Å². The molecule has 0 bridgehead atoms. The van der Waals surface area contributed by atoms with E-state index < -0.39 is 60.8 Å². The zero-order valence-electron chi connectivity index (χ0n) is 55.7. The molecule has 0 aromatic heterocycles. The summed E-state index contributed by atoms with van der Waals surface area (Å²) in [6, 6.07) is 48.1. The van der Waals surface area contributed by atoms with Gasteiger partial charge in [-0.25, -0.2) is 25.3 Å². The second-order valence-electron chi connectivity index (χ2n) is 24.9. The minimum Gasteiger partial charge on any atom is -0.736 e. The van der Waals surface area contributed by atoms with Gasteiger partial charge in [0.2, 0.25) is 0 Å². The Kier molecular flexibility index (Phi) is 22.8. The Hall–Kier alpha value is -7.42. The van der Waals surface area contributed by atoms with E-state index in [9.17, 15) is 51.9 Å². The molecule has 12 nitrogen and oxygen atoms in total. The predicted octanol–water partition coefficient (Wildman–Crippen LogP) is 12.5. The molecule has 484 valence electrons. The Morgan fingerprint density at radius 3 is 0.747 bits per heavy atom. The van der Waals surface area contributed by atoms with Crippen LogP contribution in [-0.2, 0) is 66.2 Å². The van der Waals surface area contributed by atoms with Gasteiger partial charge < -0.3 is 13.7 Å². The molecule has 10 rings (SSSR count). The van der Waals surface area contributed by atoms with Crippen LogP contribution in [0, 0.1) is 93.6 Å². The topological polar surface area (TPSA) is 226 Å². The van der Waals surface area contributed by atoms with E-state index in [0.717, 1.165) is 40.5 Å². The van der Waals surface area contributed by atoms with Crippen molar-refractivity contribution in [1.29, 1.82) is 0 Å². The van der Waals surface area contributed by atoms with E-state index in [1.165, 1.54) is 101 Å². The molecule has 0 unspecified atom stereocenters. The molecule has 0 saturated heterocycles. The van der Waals surface area contributed by atoms with Gasteiger partial charge in [0, 0.05) is 46.6 Å². The number of aryl methyl sites for hydroxylation is 12. The van der Waals surface area contributed by atoms with Crippen LogP contribution in [0.25, 0.3) is 11.1 Å². The largest absolute Gasteiger partial charge is 1.00 e. The van der Waals surface area contributed by atoms with Crippen molar-refractivity contribution in [3.8, 4) is 0 Å². The standard InChI is InChI=1S/2C39H38O6S2.Na/c2*1-24-17-26(3)36(27(4)18-24)21-30-7-11-32(12-8-30)39(35-16-15-34(46(40,41)42)23-38(35)47(43,44)45)33-13-9-31(10-14-33)22-37-28(5)19-25(2)20-29(37)6;/h2*7-20,23H,21-22H2,1-6H3,(H-,40,41,42,43,44,45);/q;;+1/p-1. The molecule has 2 aliphatic carbocycles. The van der Waals surface area contributed by atoms with Crippen molar-refractivity contribution in [2.24, 2.45) is 0 Å². The van der Waals surface area contributed by atoms with E-state index in [0.29, 0.717) is 65.2 Å². The summed E-state index contributed by atoms with van der Waals surface area (Å²) in [5.74, 6) is 0. The third-order valence-electron chi connectivity index (χ3n) is 17.4. The van der Waals surface area contributed by atoms with Crippen LogP contribution in [-0.4, -0.2) is 51.9 Å². The van der Waals surface area contributed by atoms with Gasteiger partial charge in [-0.1, -0.05) is 119 Å². The SMILES string of the molecule is Cc1cc(C)c(Cc2ccc(C(=C3C=CC(S(=O)(=O)O)=C[C+]3S(=O)(=O)[O-])c3ccc(Cc4c(C)cc(C)cc4C)cc3)cc2)c(C)c1.Cc1cc(C)c(Cc2ccc(C(=C3C=CC(S(=O)(=O)[O-])=C[C+]3S(=O)(=O)[O-])c3ccc(Cc4c(C)cc(C)cc4C)cc3)cc2)c(C)c1.[Na+]. The van der Waals surface area contributed by atoms with Gasteiger partial charge >= 0.3 is 39.7 Å². The van der Waals surface area contributed by atoms with Crippen LogP contribution in [0.4, 0.5) is 0 Å². The van der Waals surface area contributed by atoms with Gasteiger partial charge in [-0.05, 0) is 246 Å². The Morgan fingerprint density at radius 1 is 0.337 bits per heavy atom. The normalized spacial score (nSPS) is 13.4. The summed E-state index contributed by atoms with van der Waals surface area (Å²) in [4.78, 5) is -1.46. The fourth-order valence-corrected chi connectivity index (χ4v) is 15.6. The van der Waals surface area contributed by atoms with E-state index in [-0.39, 0.29) is 40.7 Å². The molecule has 0 spiro atoms. The first-order chi connectivity index (χ1) is 44.0. The molecule has 0 amide bonds. The maximum Gasteiger partial charge on any atom is 1.00 e. The van der Waals surface area contributed by atoms with Crippen molar-refractivity contribution >= 4 is 51.6 Å². The molecule has 0 saturated carbocycles. The first-order valence-electron chi connectivity index (χ1n) is 30.5. The molecule has 8 aromatic carbocycles. The van der Waals surface area contributed by atoms with Crippen LogP contribution >= 0.6 is 0 Å². The minimum absolute atomic E-state index is 0. The molecule has 0 radical (unpaired) electrons. The van der Waals surface area contributed by atoms with Gasteiger partial charge in [-0.15, -0.1) is 0 Å². The van der Waals surface area contributed by atoms with Gasteiger partial charge in [-0.3, -0.25) is 4.55 Å². The van der Waals surface area contributed by atoms with Crippen molar-refractivity contribution in [3.63, 3.8) is 0 Å². The fourth-order valence-electron chi connectivity index (χ4n) is 13.0. The van der Waals surface area contributed by atoms with Crippen LogP contribution in [0.2, 0.25) is 0 Å². The molecule has 95 heavy (non-hydrogen) atoms. The van der Waals surface area contributed by atoms with Crippen molar-refractivity contribution in [3.05, 3.63) is 347 Å². The Labute approximate surface area is 584 Å². The first-order valence-corrected chi connectivity index (χ1v) is 36.2. The first kappa shape index (κ1) is 73.4. The Morgan fingerprint density at radius 2 is 0.547 bits per heavy atom. The molecule has 0 atom stereocenters. The third-order valence-corrected chi connectivity index (χ3v) is 20.9. The van der Waals surface area contributed by atoms with Gasteiger partial charge in [0.25, 0.3) is 0 Å². The summed E-state index contributed by atoms with van der Waals surface area (Å²) in [6.45, 7) is 25.1. The summed E-state index contributed by atoms with van der Waals surface area (Å²) in [6.07, 6.45) is 8.86. The summed E-state index contributed by atoms with van der Waals surface area (Å²) in [7, 11) is -20.1. The van der Waals surface area contributed by atoms with Crippen molar-refractivity contribution in [2.45, 2.75) is 109 Å². The predicted molar refractivity (Wildman–Crippen MR) is 373 cm³/mol. The quantitative estimate of drug-likeness (QED) is 0.0541. The summed E-state index contributed by atoms with van der Waals surface area (Å²) < 4.78 is 144. The third kappa shape index (κ3) is 17.8. The average Bonchev–Trinajstić information content (AvgIpc) is 0.772. The van der Waals surface area contributed by atoms with Gasteiger partial charge in [0.15, 0.2) is 45.8 Å². The molecular weight excluding hydrogens is 1280 g/mol. The summed E-state index contributed by atoms with van der Waals surface area (Å²) >= 11 is 0. The smallest absolute Gasteiger partial charge is 0.736 e. The van der Waals surface area contributed by atoms with E-state index in [1.54, 1.807) is 0 Å².